The van der Waals surface area contributed by atoms with E-state index < -0.39 is 0 Å². The Hall–Kier alpha value is -2.24. The van der Waals surface area contributed by atoms with E-state index >= 15 is 0 Å². The zero-order valence-electron chi connectivity index (χ0n) is 14.1. The molecule has 0 bridgehead atoms. The third kappa shape index (κ3) is 3.05. The summed E-state index contributed by atoms with van der Waals surface area (Å²) in [6.07, 6.45) is 3.27. The standard InChI is InChI=1S/C18H22N2O4/c1-18(2)8-10(19)16(14(23)9-18)13(22)7-6-11-17-12(21)4-3-5-15(17)24-20-11/h19,22H,3-9H2,1-2H3. The molecule has 0 saturated heterocycles. The first kappa shape index (κ1) is 16.6. The number of fused-ring (bicyclic) bond motifs is 1. The van der Waals surface area contributed by atoms with E-state index in [1.54, 1.807) is 0 Å². The molecule has 6 heteroatoms. The maximum atomic E-state index is 12.3. The number of aliphatic hydroxyl groups is 1. The van der Waals surface area contributed by atoms with Crippen molar-refractivity contribution in [1.29, 1.82) is 5.41 Å². The van der Waals surface area contributed by atoms with Gasteiger partial charge in [-0.3, -0.25) is 9.59 Å². The first-order valence-electron chi connectivity index (χ1n) is 8.32. The highest BCUT2D eigenvalue weighted by Crippen LogP contribution is 2.35. The second-order valence-electron chi connectivity index (χ2n) is 7.45. The van der Waals surface area contributed by atoms with Crippen molar-refractivity contribution in [2.75, 3.05) is 0 Å². The predicted octanol–water partition coefficient (Wildman–Crippen LogP) is 3.35. The summed E-state index contributed by atoms with van der Waals surface area (Å²) in [7, 11) is 0. The molecule has 1 aromatic rings. The van der Waals surface area contributed by atoms with Crippen molar-refractivity contribution in [1.82, 2.24) is 5.16 Å². The molecule has 1 aromatic heterocycles. The zero-order valence-corrected chi connectivity index (χ0v) is 14.1. The van der Waals surface area contributed by atoms with Crippen molar-refractivity contribution in [3.63, 3.8) is 0 Å². The van der Waals surface area contributed by atoms with Crippen molar-refractivity contribution in [3.05, 3.63) is 28.3 Å². The molecule has 128 valence electrons. The number of aromatic nitrogens is 1. The summed E-state index contributed by atoms with van der Waals surface area (Å²) in [6, 6.07) is 0. The Morgan fingerprint density at radius 1 is 1.25 bits per heavy atom. The molecule has 3 rings (SSSR count). The maximum absolute atomic E-state index is 12.3. The monoisotopic (exact) mass is 330 g/mol. The molecule has 2 aliphatic carbocycles. The number of carbonyl (C=O) groups excluding carboxylic acids is 2. The molecule has 1 fully saturated rings. The lowest BCUT2D eigenvalue weighted by Gasteiger charge is -2.30. The quantitative estimate of drug-likeness (QED) is 0.653. The number of aryl methyl sites for hydroxylation is 2. The zero-order chi connectivity index (χ0) is 17.5. The molecule has 0 radical (unpaired) electrons. The average Bonchev–Trinajstić information content (AvgIpc) is 2.87. The fourth-order valence-electron chi connectivity index (χ4n) is 3.57. The largest absolute Gasteiger partial charge is 0.511 e. The molecule has 0 unspecified atom stereocenters. The second kappa shape index (κ2) is 6.00. The molecule has 1 saturated carbocycles. The van der Waals surface area contributed by atoms with E-state index in [2.05, 4.69) is 5.16 Å². The van der Waals surface area contributed by atoms with Crippen LogP contribution in [-0.4, -0.2) is 27.5 Å². The number of nitrogens with one attached hydrogen (secondary N) is 1. The Bertz CT molecular complexity index is 733. The molecule has 2 aliphatic rings. The van der Waals surface area contributed by atoms with Crippen LogP contribution in [0.4, 0.5) is 0 Å². The van der Waals surface area contributed by atoms with E-state index in [-0.39, 0.29) is 40.4 Å². The molecule has 2 N–H and O–H groups in total. The number of carbonyl (C=O) groups is 2. The van der Waals surface area contributed by atoms with Crippen molar-refractivity contribution in [3.8, 4) is 0 Å². The minimum atomic E-state index is -0.241. The number of hydrogen-bond donors (Lipinski definition) is 2. The van der Waals surface area contributed by atoms with E-state index in [0.717, 1.165) is 6.42 Å². The van der Waals surface area contributed by atoms with Gasteiger partial charge in [0, 0.05) is 37.8 Å². The van der Waals surface area contributed by atoms with Crippen LogP contribution in [0.25, 0.3) is 0 Å². The molecule has 24 heavy (non-hydrogen) atoms. The van der Waals surface area contributed by atoms with Crippen molar-refractivity contribution >= 4 is 17.3 Å². The van der Waals surface area contributed by atoms with Crippen LogP contribution in [0, 0.1) is 10.8 Å². The van der Waals surface area contributed by atoms with E-state index in [0.29, 0.717) is 49.1 Å². The van der Waals surface area contributed by atoms with Gasteiger partial charge in [-0.05, 0) is 18.3 Å². The SMILES string of the molecule is CC1(C)CC(=N)C(=C(O)CCc2noc3c2C(=O)CCC3)C(=O)C1. The van der Waals surface area contributed by atoms with E-state index in [1.807, 2.05) is 13.8 Å². The van der Waals surface area contributed by atoms with Gasteiger partial charge in [0.25, 0.3) is 0 Å². The topological polar surface area (TPSA) is 104 Å². The summed E-state index contributed by atoms with van der Waals surface area (Å²) in [5.74, 6) is 0.382. The van der Waals surface area contributed by atoms with Crippen LogP contribution in [0.15, 0.2) is 15.9 Å². The molecule has 0 aromatic carbocycles. The van der Waals surface area contributed by atoms with Gasteiger partial charge in [0.2, 0.25) is 0 Å². The Morgan fingerprint density at radius 3 is 2.71 bits per heavy atom. The van der Waals surface area contributed by atoms with Crippen LogP contribution in [0.1, 0.15) is 67.8 Å². The second-order valence-corrected chi connectivity index (χ2v) is 7.45. The Balaban J connectivity index is 1.78. The first-order valence-corrected chi connectivity index (χ1v) is 8.32. The number of hydrogen-bond acceptors (Lipinski definition) is 6. The highest BCUT2D eigenvalue weighted by molar-refractivity contribution is 6.23. The summed E-state index contributed by atoms with van der Waals surface area (Å²) in [6.45, 7) is 3.89. The molecule has 0 atom stereocenters. The van der Waals surface area contributed by atoms with Gasteiger partial charge < -0.3 is 15.0 Å². The summed E-state index contributed by atoms with van der Waals surface area (Å²) in [5, 5.41) is 22.4. The normalized spacial score (nSPS) is 22.5. The summed E-state index contributed by atoms with van der Waals surface area (Å²) in [5.41, 5.74) is 1.17. The summed E-state index contributed by atoms with van der Waals surface area (Å²) in [4.78, 5) is 24.3. The van der Waals surface area contributed by atoms with Crippen LogP contribution < -0.4 is 0 Å². The van der Waals surface area contributed by atoms with E-state index in [1.165, 1.54) is 0 Å². The van der Waals surface area contributed by atoms with Gasteiger partial charge in [-0.2, -0.15) is 0 Å². The number of rotatable bonds is 3. The third-order valence-electron chi connectivity index (χ3n) is 4.68. The Kier molecular flexibility index (Phi) is 4.15. The van der Waals surface area contributed by atoms with E-state index in [9.17, 15) is 14.7 Å². The maximum Gasteiger partial charge on any atom is 0.168 e. The lowest BCUT2D eigenvalue weighted by atomic mass is 9.73. The molecule has 0 aliphatic heterocycles. The van der Waals surface area contributed by atoms with Crippen LogP contribution in [0.2, 0.25) is 0 Å². The van der Waals surface area contributed by atoms with E-state index in [4.69, 9.17) is 9.93 Å². The lowest BCUT2D eigenvalue weighted by Crippen LogP contribution is -2.32. The molecule has 6 nitrogen and oxygen atoms in total. The van der Waals surface area contributed by atoms with Gasteiger partial charge in [-0.1, -0.05) is 19.0 Å². The van der Waals surface area contributed by atoms with Crippen LogP contribution in [0.3, 0.4) is 0 Å². The predicted molar refractivity (Wildman–Crippen MR) is 87.5 cm³/mol. The average molecular weight is 330 g/mol. The highest BCUT2D eigenvalue weighted by atomic mass is 16.5. The summed E-state index contributed by atoms with van der Waals surface area (Å²) < 4.78 is 5.23. The third-order valence-corrected chi connectivity index (χ3v) is 4.68. The number of ketones is 2. The van der Waals surface area contributed by atoms with Gasteiger partial charge in [-0.25, -0.2) is 0 Å². The molecule has 1 heterocycles. The Labute approximate surface area is 140 Å². The van der Waals surface area contributed by atoms with Crippen molar-refractivity contribution in [2.45, 2.75) is 58.8 Å². The number of Topliss-reactive ketones (excluding diaryl/α,β-unsaturated/α-hetero) is 2. The van der Waals surface area contributed by atoms with Gasteiger partial charge in [0.1, 0.15) is 11.5 Å². The highest BCUT2D eigenvalue weighted by Gasteiger charge is 2.35. The molecule has 0 amide bonds. The minimum Gasteiger partial charge on any atom is -0.511 e. The van der Waals surface area contributed by atoms with Gasteiger partial charge in [0.05, 0.1) is 16.8 Å². The Morgan fingerprint density at radius 2 is 2.00 bits per heavy atom. The fourth-order valence-corrected chi connectivity index (χ4v) is 3.57. The van der Waals surface area contributed by atoms with Crippen molar-refractivity contribution < 1.29 is 19.2 Å². The molecule has 0 spiro atoms. The van der Waals surface area contributed by atoms with Crippen LogP contribution >= 0.6 is 0 Å². The summed E-state index contributed by atoms with van der Waals surface area (Å²) >= 11 is 0. The first-order chi connectivity index (χ1) is 11.3. The minimum absolute atomic E-state index is 0.0304. The van der Waals surface area contributed by atoms with Crippen molar-refractivity contribution in [2.24, 2.45) is 5.41 Å². The van der Waals surface area contributed by atoms with Crippen LogP contribution in [0.5, 0.6) is 0 Å². The van der Waals surface area contributed by atoms with Crippen LogP contribution in [-0.2, 0) is 17.6 Å². The van der Waals surface area contributed by atoms with Gasteiger partial charge in [-0.15, -0.1) is 0 Å². The molecular weight excluding hydrogens is 308 g/mol. The number of aliphatic hydroxyl groups excluding tert-OH is 1. The number of nitrogens with zero attached hydrogens (tertiary/aromatic N) is 1. The van der Waals surface area contributed by atoms with Gasteiger partial charge in [0.15, 0.2) is 11.6 Å². The van der Waals surface area contributed by atoms with Gasteiger partial charge >= 0.3 is 0 Å². The molecular formula is C18H22N2O4. The smallest absolute Gasteiger partial charge is 0.168 e. The lowest BCUT2D eigenvalue weighted by molar-refractivity contribution is -0.117. The fraction of sp³-hybridized carbons (Fsp3) is 0.556. The number of allylic oxidation sites excluding steroid dienone is 2.